The number of hydrogen-bond acceptors (Lipinski definition) is 6. The van der Waals surface area contributed by atoms with Crippen LogP contribution in [0.1, 0.15) is 18.9 Å². The topological polar surface area (TPSA) is 79.0 Å². The summed E-state index contributed by atoms with van der Waals surface area (Å²) in [7, 11) is 1.31. The van der Waals surface area contributed by atoms with Gasteiger partial charge in [0, 0.05) is 12.7 Å². The molecular weight excluding hydrogens is 395 g/mol. The van der Waals surface area contributed by atoms with E-state index in [1.807, 2.05) is 6.26 Å². The van der Waals surface area contributed by atoms with Crippen molar-refractivity contribution in [3.8, 4) is 22.5 Å². The molecule has 1 atom stereocenters. The number of benzene rings is 1. The lowest BCUT2D eigenvalue weighted by Crippen LogP contribution is -2.37. The van der Waals surface area contributed by atoms with Gasteiger partial charge in [0.25, 0.3) is 5.56 Å². The number of rotatable bonds is 4. The average Bonchev–Trinajstić information content (AvgIpc) is 3.06. The smallest absolute Gasteiger partial charge is 0.330 e. The molecule has 9 heteroatoms. The number of esters is 1. The first kappa shape index (κ1) is 19.4. The van der Waals surface area contributed by atoms with Gasteiger partial charge in [-0.1, -0.05) is 23.9 Å². The summed E-state index contributed by atoms with van der Waals surface area (Å²) in [6, 6.07) is 6.77. The zero-order chi connectivity index (χ0) is 20.5. The molecule has 150 valence electrons. The van der Waals surface area contributed by atoms with Crippen LogP contribution in [-0.2, 0) is 16.1 Å². The molecule has 1 aliphatic rings. The maximum absolute atomic E-state index is 13.5. The van der Waals surface area contributed by atoms with Crippen LogP contribution in [0.2, 0.25) is 0 Å². The van der Waals surface area contributed by atoms with Crippen molar-refractivity contribution in [2.75, 3.05) is 13.4 Å². The van der Waals surface area contributed by atoms with Crippen molar-refractivity contribution < 1.29 is 13.9 Å². The third-order valence-corrected chi connectivity index (χ3v) is 5.55. The Morgan fingerprint density at radius 3 is 2.72 bits per heavy atom. The van der Waals surface area contributed by atoms with Crippen LogP contribution in [0.15, 0.2) is 46.5 Å². The lowest BCUT2D eigenvalue weighted by Gasteiger charge is -2.26. The Morgan fingerprint density at radius 2 is 2.03 bits per heavy atom. The summed E-state index contributed by atoms with van der Waals surface area (Å²) in [6.07, 6.45) is 4.73. The van der Waals surface area contributed by atoms with Crippen molar-refractivity contribution in [3.05, 3.63) is 52.7 Å². The highest BCUT2D eigenvalue weighted by Crippen LogP contribution is 2.34. The first-order valence-corrected chi connectivity index (χ1v) is 10.3. The summed E-state index contributed by atoms with van der Waals surface area (Å²) in [5.74, 6) is -0.853. The number of aromatic nitrogens is 4. The van der Waals surface area contributed by atoms with E-state index in [4.69, 9.17) is 4.74 Å². The highest BCUT2D eigenvalue weighted by molar-refractivity contribution is 7.98. The molecule has 0 aliphatic carbocycles. The fourth-order valence-electron chi connectivity index (χ4n) is 3.71. The van der Waals surface area contributed by atoms with Gasteiger partial charge in [0.15, 0.2) is 11.2 Å². The van der Waals surface area contributed by atoms with E-state index in [-0.39, 0.29) is 5.56 Å². The summed E-state index contributed by atoms with van der Waals surface area (Å²) >= 11 is 1.39. The van der Waals surface area contributed by atoms with Gasteiger partial charge in [-0.05, 0) is 42.9 Å². The van der Waals surface area contributed by atoms with Crippen molar-refractivity contribution in [1.82, 2.24) is 19.3 Å². The number of nitrogens with zero attached hydrogens (tertiary/aromatic N) is 4. The SMILES string of the molecule is COC(=O)C1CCCn2c(-c3ccnc(SC)n3)c(-c3ccc(F)cc3)c(=O)n21. The van der Waals surface area contributed by atoms with E-state index >= 15 is 0 Å². The van der Waals surface area contributed by atoms with E-state index in [1.165, 1.54) is 35.7 Å². The normalized spacial score (nSPS) is 15.8. The number of halogens is 1. The van der Waals surface area contributed by atoms with Gasteiger partial charge in [-0.15, -0.1) is 0 Å². The zero-order valence-electron chi connectivity index (χ0n) is 16.0. The van der Waals surface area contributed by atoms with Gasteiger partial charge in [0.05, 0.1) is 24.1 Å². The molecule has 0 bridgehead atoms. The Kier molecular flexibility index (Phi) is 5.23. The van der Waals surface area contributed by atoms with E-state index in [2.05, 4.69) is 9.97 Å². The number of thioether (sulfide) groups is 1. The van der Waals surface area contributed by atoms with Crippen molar-refractivity contribution in [2.24, 2.45) is 0 Å². The molecule has 0 spiro atoms. The lowest BCUT2D eigenvalue weighted by atomic mass is 10.0. The Bertz CT molecular complexity index is 1120. The van der Waals surface area contributed by atoms with Crippen LogP contribution < -0.4 is 5.56 Å². The summed E-state index contributed by atoms with van der Waals surface area (Å²) in [5, 5.41) is 0.570. The molecule has 1 aromatic carbocycles. The van der Waals surface area contributed by atoms with Crippen LogP contribution in [0, 0.1) is 5.82 Å². The second-order valence-electron chi connectivity index (χ2n) is 6.61. The number of carbonyl (C=O) groups excluding carboxylic acids is 1. The molecule has 0 fully saturated rings. The molecule has 1 aliphatic heterocycles. The van der Waals surface area contributed by atoms with Gasteiger partial charge in [0.1, 0.15) is 5.82 Å². The standard InChI is InChI=1S/C20H19FN4O3S/c1-28-19(27)15-4-3-11-24-17(14-9-10-22-20(23-14)29-2)16(18(26)25(15)24)12-5-7-13(21)8-6-12/h5-10,15H,3-4,11H2,1-2H3. The lowest BCUT2D eigenvalue weighted by molar-refractivity contribution is -0.146. The average molecular weight is 414 g/mol. The van der Waals surface area contributed by atoms with Gasteiger partial charge in [-0.3, -0.25) is 9.48 Å². The van der Waals surface area contributed by atoms with Crippen molar-refractivity contribution in [1.29, 1.82) is 0 Å². The molecule has 29 heavy (non-hydrogen) atoms. The van der Waals surface area contributed by atoms with E-state index in [1.54, 1.807) is 29.1 Å². The molecule has 2 aromatic heterocycles. The minimum Gasteiger partial charge on any atom is -0.467 e. The van der Waals surface area contributed by atoms with E-state index in [0.717, 1.165) is 0 Å². The molecule has 0 saturated carbocycles. The molecule has 0 amide bonds. The van der Waals surface area contributed by atoms with Crippen molar-refractivity contribution in [2.45, 2.75) is 30.6 Å². The monoisotopic (exact) mass is 414 g/mol. The third-order valence-electron chi connectivity index (χ3n) is 4.98. The molecule has 0 radical (unpaired) electrons. The minimum absolute atomic E-state index is 0.328. The fourth-order valence-corrected chi connectivity index (χ4v) is 4.07. The Balaban J connectivity index is 2.03. The van der Waals surface area contributed by atoms with Crippen LogP contribution >= 0.6 is 11.8 Å². The van der Waals surface area contributed by atoms with Crippen LogP contribution in [-0.4, -0.2) is 38.7 Å². The Hall–Kier alpha value is -2.94. The number of hydrogen-bond donors (Lipinski definition) is 0. The van der Waals surface area contributed by atoms with Gasteiger partial charge in [-0.25, -0.2) is 23.8 Å². The largest absolute Gasteiger partial charge is 0.467 e. The quantitative estimate of drug-likeness (QED) is 0.371. The fraction of sp³-hybridized carbons (Fsp3) is 0.300. The molecular formula is C20H19FN4O3S. The molecule has 3 aromatic rings. The van der Waals surface area contributed by atoms with Crippen LogP contribution in [0.25, 0.3) is 22.5 Å². The van der Waals surface area contributed by atoms with E-state index in [0.29, 0.717) is 47.1 Å². The van der Waals surface area contributed by atoms with E-state index in [9.17, 15) is 14.0 Å². The number of fused-ring (bicyclic) bond motifs is 1. The van der Waals surface area contributed by atoms with Crippen LogP contribution in [0.4, 0.5) is 4.39 Å². The van der Waals surface area contributed by atoms with Gasteiger partial charge >= 0.3 is 5.97 Å². The predicted octanol–water partition coefficient (Wildman–Crippen LogP) is 3.14. The van der Waals surface area contributed by atoms with Gasteiger partial charge in [-0.2, -0.15) is 0 Å². The summed E-state index contributed by atoms with van der Waals surface area (Å²) in [4.78, 5) is 34.6. The molecule has 3 heterocycles. The third kappa shape index (κ3) is 3.35. The predicted molar refractivity (Wildman–Crippen MR) is 107 cm³/mol. The van der Waals surface area contributed by atoms with E-state index < -0.39 is 17.8 Å². The first-order valence-electron chi connectivity index (χ1n) is 9.11. The highest BCUT2D eigenvalue weighted by atomic mass is 32.2. The molecule has 0 N–H and O–H groups in total. The summed E-state index contributed by atoms with van der Waals surface area (Å²) < 4.78 is 21.7. The van der Waals surface area contributed by atoms with Crippen molar-refractivity contribution >= 4 is 17.7 Å². The molecule has 0 saturated heterocycles. The van der Waals surface area contributed by atoms with Crippen LogP contribution in [0.5, 0.6) is 0 Å². The second-order valence-corrected chi connectivity index (χ2v) is 7.39. The number of ether oxygens (including phenoxy) is 1. The second kappa shape index (κ2) is 7.82. The first-order chi connectivity index (χ1) is 14.0. The summed E-state index contributed by atoms with van der Waals surface area (Å²) in [6.45, 7) is 0.553. The highest BCUT2D eigenvalue weighted by Gasteiger charge is 2.34. The molecule has 4 rings (SSSR count). The minimum atomic E-state index is -0.712. The van der Waals surface area contributed by atoms with Gasteiger partial charge in [0.2, 0.25) is 0 Å². The maximum Gasteiger partial charge on any atom is 0.330 e. The van der Waals surface area contributed by atoms with Crippen LogP contribution in [0.3, 0.4) is 0 Å². The molecule has 1 unspecified atom stereocenters. The maximum atomic E-state index is 13.5. The Labute approximate surface area is 170 Å². The number of carbonyl (C=O) groups is 1. The zero-order valence-corrected chi connectivity index (χ0v) is 16.8. The number of methoxy groups -OCH3 is 1. The summed E-state index contributed by atoms with van der Waals surface area (Å²) in [5.41, 5.74) is 1.78. The molecule has 7 nitrogen and oxygen atoms in total. The van der Waals surface area contributed by atoms with Gasteiger partial charge < -0.3 is 4.74 Å². The Morgan fingerprint density at radius 1 is 1.28 bits per heavy atom. The van der Waals surface area contributed by atoms with Crippen molar-refractivity contribution in [3.63, 3.8) is 0 Å².